The van der Waals surface area contributed by atoms with Crippen LogP contribution in [0.5, 0.6) is 0 Å². The van der Waals surface area contributed by atoms with E-state index in [1.54, 1.807) is 0 Å². The Kier molecular flexibility index (Phi) is 4.00. The van der Waals surface area contributed by atoms with Crippen molar-refractivity contribution in [3.05, 3.63) is 30.1 Å². The first-order valence-electron chi connectivity index (χ1n) is 5.31. The van der Waals surface area contributed by atoms with Gasteiger partial charge in [-0.05, 0) is 11.6 Å². The summed E-state index contributed by atoms with van der Waals surface area (Å²) in [5, 5.41) is 0. The summed E-state index contributed by atoms with van der Waals surface area (Å²) in [4.78, 5) is 6.60. The number of rotatable bonds is 5. The van der Waals surface area contributed by atoms with E-state index in [1.807, 2.05) is 30.2 Å². The average Bonchev–Trinajstić information content (AvgIpc) is 2.17. The van der Waals surface area contributed by atoms with Crippen molar-refractivity contribution in [1.82, 2.24) is 9.88 Å². The lowest BCUT2D eigenvalue weighted by Crippen LogP contribution is -2.46. The van der Waals surface area contributed by atoms with E-state index in [4.69, 9.17) is 5.73 Å². The molecule has 0 aliphatic carbocycles. The van der Waals surface area contributed by atoms with Gasteiger partial charge < -0.3 is 5.73 Å². The Hall–Kier alpha value is -0.580. The van der Waals surface area contributed by atoms with E-state index in [9.17, 15) is 0 Å². The lowest BCUT2D eigenvalue weighted by Gasteiger charge is -2.36. The molecule has 0 saturated carbocycles. The number of nitrogens with two attached hydrogens (primary N) is 1. The summed E-state index contributed by atoms with van der Waals surface area (Å²) < 4.78 is 0. The van der Waals surface area contributed by atoms with Crippen LogP contribution in [-0.2, 0) is 6.54 Å². The van der Waals surface area contributed by atoms with Gasteiger partial charge >= 0.3 is 0 Å². The summed E-state index contributed by atoms with van der Waals surface area (Å²) in [6.45, 7) is 2.71. The van der Waals surface area contributed by atoms with Crippen molar-refractivity contribution in [2.45, 2.75) is 12.6 Å². The third-order valence-electron chi connectivity index (χ3n) is 2.66. The van der Waals surface area contributed by atoms with Crippen LogP contribution in [0.2, 0.25) is 0 Å². The standard InChI is InChI=1S/C11H17N3S/c12-3-5-14(11-8-15-9-11)7-10-2-1-4-13-6-10/h1-2,4,6,11H,3,5,7-9,12H2. The van der Waals surface area contributed by atoms with Gasteiger partial charge in [0.25, 0.3) is 0 Å². The van der Waals surface area contributed by atoms with Gasteiger partial charge in [0, 0.05) is 49.6 Å². The van der Waals surface area contributed by atoms with E-state index >= 15 is 0 Å². The smallest absolute Gasteiger partial charge is 0.0312 e. The zero-order valence-corrected chi connectivity index (χ0v) is 9.62. The maximum absolute atomic E-state index is 5.64. The van der Waals surface area contributed by atoms with Gasteiger partial charge in [-0.25, -0.2) is 0 Å². The predicted octanol–water partition coefficient (Wildman–Crippen LogP) is 0.958. The molecule has 1 aromatic rings. The van der Waals surface area contributed by atoms with E-state index in [2.05, 4.69) is 16.0 Å². The number of hydrogen-bond donors (Lipinski definition) is 1. The van der Waals surface area contributed by atoms with Crippen molar-refractivity contribution < 1.29 is 0 Å². The number of hydrogen-bond acceptors (Lipinski definition) is 4. The molecule has 4 heteroatoms. The zero-order chi connectivity index (χ0) is 10.5. The third kappa shape index (κ3) is 2.93. The maximum atomic E-state index is 5.64. The molecule has 2 rings (SSSR count). The second-order valence-electron chi connectivity index (χ2n) is 3.81. The summed E-state index contributed by atoms with van der Waals surface area (Å²) in [7, 11) is 0. The molecule has 3 nitrogen and oxygen atoms in total. The molecule has 2 N–H and O–H groups in total. The molecule has 0 aromatic carbocycles. The van der Waals surface area contributed by atoms with Crippen molar-refractivity contribution in [1.29, 1.82) is 0 Å². The molecule has 0 spiro atoms. The number of thioether (sulfide) groups is 1. The second kappa shape index (κ2) is 5.49. The summed E-state index contributed by atoms with van der Waals surface area (Å²) in [5.41, 5.74) is 6.92. The van der Waals surface area contributed by atoms with Gasteiger partial charge in [0.2, 0.25) is 0 Å². The average molecular weight is 223 g/mol. The van der Waals surface area contributed by atoms with Gasteiger partial charge in [0.05, 0.1) is 0 Å². The predicted molar refractivity (Wildman–Crippen MR) is 64.8 cm³/mol. The lowest BCUT2D eigenvalue weighted by molar-refractivity contribution is 0.217. The molecule has 0 atom stereocenters. The van der Waals surface area contributed by atoms with Crippen molar-refractivity contribution in [3.63, 3.8) is 0 Å². The molecule has 2 heterocycles. The van der Waals surface area contributed by atoms with Gasteiger partial charge in [-0.3, -0.25) is 9.88 Å². The molecule has 0 unspecified atom stereocenters. The van der Waals surface area contributed by atoms with Crippen LogP contribution < -0.4 is 5.73 Å². The molecule has 82 valence electrons. The Morgan fingerprint density at radius 3 is 2.93 bits per heavy atom. The molecule has 0 amide bonds. The number of aromatic nitrogens is 1. The maximum Gasteiger partial charge on any atom is 0.0312 e. The minimum absolute atomic E-state index is 0.721. The van der Waals surface area contributed by atoms with E-state index in [0.29, 0.717) is 0 Å². The summed E-state index contributed by atoms with van der Waals surface area (Å²) in [6, 6.07) is 4.84. The van der Waals surface area contributed by atoms with Crippen LogP contribution in [0.1, 0.15) is 5.56 Å². The van der Waals surface area contributed by atoms with Crippen molar-refractivity contribution >= 4 is 11.8 Å². The third-order valence-corrected chi connectivity index (χ3v) is 3.90. The van der Waals surface area contributed by atoms with Gasteiger partial charge in [0.15, 0.2) is 0 Å². The molecule has 0 radical (unpaired) electrons. The highest BCUT2D eigenvalue weighted by Gasteiger charge is 2.24. The molecule has 15 heavy (non-hydrogen) atoms. The van der Waals surface area contributed by atoms with Crippen LogP contribution >= 0.6 is 11.8 Å². The number of nitrogens with zero attached hydrogens (tertiary/aromatic N) is 2. The molecular weight excluding hydrogens is 206 g/mol. The Balaban J connectivity index is 1.93. The zero-order valence-electron chi connectivity index (χ0n) is 8.80. The van der Waals surface area contributed by atoms with Gasteiger partial charge in [0.1, 0.15) is 0 Å². The Labute approximate surface area is 95.1 Å². The van der Waals surface area contributed by atoms with Crippen LogP contribution in [0.3, 0.4) is 0 Å². The highest BCUT2D eigenvalue weighted by molar-refractivity contribution is 8.00. The highest BCUT2D eigenvalue weighted by Crippen LogP contribution is 2.24. The molecular formula is C11H17N3S. The minimum atomic E-state index is 0.721. The quantitative estimate of drug-likeness (QED) is 0.807. The van der Waals surface area contributed by atoms with E-state index < -0.39 is 0 Å². The molecule has 0 bridgehead atoms. The molecule has 1 aliphatic rings. The molecule has 1 aliphatic heterocycles. The summed E-state index contributed by atoms with van der Waals surface area (Å²) in [6.07, 6.45) is 3.76. The summed E-state index contributed by atoms with van der Waals surface area (Å²) >= 11 is 2.01. The molecule has 1 fully saturated rings. The first kappa shape index (κ1) is 10.9. The Bertz CT molecular complexity index is 287. The van der Waals surface area contributed by atoms with Gasteiger partial charge in [-0.2, -0.15) is 11.8 Å². The largest absolute Gasteiger partial charge is 0.329 e. The normalized spacial score (nSPS) is 16.7. The van der Waals surface area contributed by atoms with Crippen molar-refractivity contribution in [3.8, 4) is 0 Å². The topological polar surface area (TPSA) is 42.1 Å². The van der Waals surface area contributed by atoms with E-state index in [1.165, 1.54) is 17.1 Å². The fourth-order valence-corrected chi connectivity index (χ4v) is 2.58. The lowest BCUT2D eigenvalue weighted by atomic mass is 10.2. The Morgan fingerprint density at radius 2 is 2.40 bits per heavy atom. The van der Waals surface area contributed by atoms with E-state index in [0.717, 1.165) is 25.7 Å². The second-order valence-corrected chi connectivity index (χ2v) is 4.89. The van der Waals surface area contributed by atoms with Crippen LogP contribution in [0.25, 0.3) is 0 Å². The van der Waals surface area contributed by atoms with Gasteiger partial charge in [-0.15, -0.1) is 0 Å². The van der Waals surface area contributed by atoms with Crippen LogP contribution in [0.4, 0.5) is 0 Å². The first-order valence-corrected chi connectivity index (χ1v) is 6.46. The fourth-order valence-electron chi connectivity index (χ4n) is 1.72. The monoisotopic (exact) mass is 223 g/mol. The van der Waals surface area contributed by atoms with Crippen LogP contribution in [-0.4, -0.2) is 40.5 Å². The van der Waals surface area contributed by atoms with Crippen molar-refractivity contribution in [2.75, 3.05) is 24.6 Å². The van der Waals surface area contributed by atoms with Gasteiger partial charge in [-0.1, -0.05) is 6.07 Å². The first-order chi connectivity index (χ1) is 7.40. The Morgan fingerprint density at radius 1 is 1.53 bits per heavy atom. The number of pyridine rings is 1. The van der Waals surface area contributed by atoms with Crippen LogP contribution in [0.15, 0.2) is 24.5 Å². The van der Waals surface area contributed by atoms with Crippen LogP contribution in [0, 0.1) is 0 Å². The van der Waals surface area contributed by atoms with E-state index in [-0.39, 0.29) is 0 Å². The minimum Gasteiger partial charge on any atom is -0.329 e. The SMILES string of the molecule is NCCN(Cc1cccnc1)C1CSC1. The van der Waals surface area contributed by atoms with Crippen molar-refractivity contribution in [2.24, 2.45) is 5.73 Å². The highest BCUT2D eigenvalue weighted by atomic mass is 32.2. The molecule has 1 aromatic heterocycles. The fraction of sp³-hybridized carbons (Fsp3) is 0.545. The summed E-state index contributed by atoms with van der Waals surface area (Å²) in [5.74, 6) is 2.50. The molecule has 1 saturated heterocycles.